The summed E-state index contributed by atoms with van der Waals surface area (Å²) in [7, 11) is 0. The van der Waals surface area contributed by atoms with Crippen LogP contribution in [-0.4, -0.2) is 50.4 Å². The van der Waals surface area contributed by atoms with Crippen LogP contribution in [0.4, 0.5) is 33.7 Å². The molecule has 1 aliphatic rings. The Hall–Kier alpha value is -4.56. The van der Waals surface area contributed by atoms with Crippen LogP contribution in [0.5, 0.6) is 0 Å². The number of carbonyl (C=O) groups excluding carboxylic acids is 2. The van der Waals surface area contributed by atoms with E-state index >= 15 is 0 Å². The molecule has 5 rings (SSSR count). The summed E-state index contributed by atoms with van der Waals surface area (Å²) in [6.07, 6.45) is -3.95. The Morgan fingerprint density at radius 1 is 1.12 bits per heavy atom. The highest BCUT2D eigenvalue weighted by Gasteiger charge is 2.32. The van der Waals surface area contributed by atoms with Gasteiger partial charge in [0.15, 0.2) is 11.0 Å². The minimum absolute atomic E-state index is 0.0138. The van der Waals surface area contributed by atoms with E-state index < -0.39 is 31.1 Å². The maximum absolute atomic E-state index is 15.0. The predicted octanol–water partition coefficient (Wildman–Crippen LogP) is 6.52. The molecule has 0 aliphatic carbocycles. The summed E-state index contributed by atoms with van der Waals surface area (Å²) in [5.41, 5.74) is 2.59. The number of aryl methyl sites for hydroxylation is 1. The number of urea groups is 1. The third-order valence-corrected chi connectivity index (χ3v) is 7.14. The lowest BCUT2D eigenvalue weighted by atomic mass is 10.1. The molecule has 3 aromatic carbocycles. The van der Waals surface area contributed by atoms with E-state index in [2.05, 4.69) is 20.4 Å². The SMILES string of the molecule is Cc1ccc(COCCC(F)(F)F)c(N2C(=O)CS/C2=N\C(=O)Nc2ccc(-c3ncn(-c4ccccc4)n3)cc2F)c1. The Morgan fingerprint density at radius 2 is 1.91 bits per heavy atom. The van der Waals surface area contributed by atoms with Crippen molar-refractivity contribution in [2.45, 2.75) is 26.1 Å². The number of para-hydroxylation sites is 1. The minimum atomic E-state index is -4.35. The molecule has 1 saturated heterocycles. The van der Waals surface area contributed by atoms with Crippen LogP contribution in [0.15, 0.2) is 78.0 Å². The van der Waals surface area contributed by atoms with Gasteiger partial charge in [-0.1, -0.05) is 42.1 Å². The summed E-state index contributed by atoms with van der Waals surface area (Å²) in [5.74, 6) is -0.850. The van der Waals surface area contributed by atoms with Crippen LogP contribution >= 0.6 is 11.8 Å². The maximum atomic E-state index is 15.0. The monoisotopic (exact) mass is 612 g/mol. The predicted molar refractivity (Wildman–Crippen MR) is 155 cm³/mol. The number of ether oxygens (including phenoxy) is 1. The van der Waals surface area contributed by atoms with Crippen molar-refractivity contribution in [3.05, 3.63) is 90.0 Å². The van der Waals surface area contributed by atoms with Crippen LogP contribution in [0.1, 0.15) is 17.5 Å². The van der Waals surface area contributed by atoms with Crippen molar-refractivity contribution in [3.8, 4) is 17.1 Å². The van der Waals surface area contributed by atoms with Gasteiger partial charge < -0.3 is 10.1 Å². The minimum Gasteiger partial charge on any atom is -0.376 e. The van der Waals surface area contributed by atoms with Crippen LogP contribution in [0.25, 0.3) is 17.1 Å². The maximum Gasteiger partial charge on any atom is 0.391 e. The lowest BCUT2D eigenvalue weighted by Gasteiger charge is -2.20. The van der Waals surface area contributed by atoms with Crippen LogP contribution in [0, 0.1) is 12.7 Å². The van der Waals surface area contributed by atoms with Gasteiger partial charge in [-0.3, -0.25) is 9.69 Å². The van der Waals surface area contributed by atoms with Crippen molar-refractivity contribution in [2.75, 3.05) is 22.6 Å². The molecule has 0 radical (unpaired) electrons. The average Bonchev–Trinajstić information content (AvgIpc) is 3.60. The number of nitrogens with one attached hydrogen (secondary N) is 1. The van der Waals surface area contributed by atoms with Gasteiger partial charge in [-0.05, 0) is 48.9 Å². The molecule has 43 heavy (non-hydrogen) atoms. The van der Waals surface area contributed by atoms with Gasteiger partial charge in [0.2, 0.25) is 5.91 Å². The van der Waals surface area contributed by atoms with Gasteiger partial charge in [-0.25, -0.2) is 18.9 Å². The number of anilines is 2. The summed E-state index contributed by atoms with van der Waals surface area (Å²) in [4.78, 5) is 35.0. The van der Waals surface area contributed by atoms with Crippen molar-refractivity contribution in [1.29, 1.82) is 0 Å². The van der Waals surface area contributed by atoms with E-state index in [1.165, 1.54) is 23.4 Å². The lowest BCUT2D eigenvalue weighted by molar-refractivity contribution is -0.146. The van der Waals surface area contributed by atoms with Crippen LogP contribution < -0.4 is 10.2 Å². The van der Waals surface area contributed by atoms with E-state index in [9.17, 15) is 27.2 Å². The zero-order valence-electron chi connectivity index (χ0n) is 22.6. The van der Waals surface area contributed by atoms with Gasteiger partial charge >= 0.3 is 12.2 Å². The number of rotatable bonds is 8. The number of aromatic nitrogens is 3. The fourth-order valence-corrected chi connectivity index (χ4v) is 5.00. The molecule has 0 spiro atoms. The van der Waals surface area contributed by atoms with E-state index in [1.54, 1.807) is 35.9 Å². The molecule has 0 unspecified atom stereocenters. The third kappa shape index (κ3) is 7.45. The molecule has 222 valence electrons. The molecule has 1 aromatic heterocycles. The third-order valence-electron chi connectivity index (χ3n) is 6.21. The highest BCUT2D eigenvalue weighted by Crippen LogP contribution is 2.32. The Kier molecular flexibility index (Phi) is 8.87. The number of amidine groups is 1. The number of alkyl halides is 3. The number of amides is 3. The molecule has 1 aliphatic heterocycles. The molecule has 1 fully saturated rings. The fraction of sp³-hybridized carbons (Fsp3) is 0.207. The van der Waals surface area contributed by atoms with Gasteiger partial charge in [0.25, 0.3) is 0 Å². The Morgan fingerprint density at radius 3 is 2.65 bits per heavy atom. The van der Waals surface area contributed by atoms with E-state index in [-0.39, 0.29) is 34.9 Å². The first-order chi connectivity index (χ1) is 20.6. The Bertz CT molecular complexity index is 1680. The smallest absolute Gasteiger partial charge is 0.376 e. The van der Waals surface area contributed by atoms with Crippen molar-refractivity contribution in [1.82, 2.24) is 14.8 Å². The number of thioether (sulfide) groups is 1. The van der Waals surface area contributed by atoms with E-state index in [0.717, 1.165) is 23.0 Å². The summed E-state index contributed by atoms with van der Waals surface area (Å²) >= 11 is 1.01. The van der Waals surface area contributed by atoms with Crippen LogP contribution in [0.3, 0.4) is 0 Å². The second-order valence-corrected chi connectivity index (χ2v) is 10.4. The number of hydrogen-bond acceptors (Lipinski definition) is 6. The number of aliphatic imine (C=N–C) groups is 1. The van der Waals surface area contributed by atoms with Gasteiger partial charge in [-0.2, -0.15) is 18.2 Å². The van der Waals surface area contributed by atoms with Gasteiger partial charge in [0.1, 0.15) is 12.1 Å². The molecule has 3 amide bonds. The highest BCUT2D eigenvalue weighted by atomic mass is 32.2. The highest BCUT2D eigenvalue weighted by molar-refractivity contribution is 8.15. The molecule has 14 heteroatoms. The normalized spacial score (nSPS) is 14.5. The first-order valence-electron chi connectivity index (χ1n) is 12.9. The molecule has 1 N–H and O–H groups in total. The average molecular weight is 613 g/mol. The van der Waals surface area contributed by atoms with E-state index in [4.69, 9.17) is 4.74 Å². The molecular formula is C29H24F4N6O3S. The zero-order valence-corrected chi connectivity index (χ0v) is 23.5. The number of nitrogens with zero attached hydrogens (tertiary/aromatic N) is 5. The lowest BCUT2D eigenvalue weighted by Crippen LogP contribution is -2.31. The summed E-state index contributed by atoms with van der Waals surface area (Å²) < 4.78 is 59.3. The number of halogens is 4. The quantitative estimate of drug-likeness (QED) is 0.180. The van der Waals surface area contributed by atoms with Gasteiger partial charge in [0, 0.05) is 11.1 Å². The Labute approximate surface area is 247 Å². The topological polar surface area (TPSA) is 102 Å². The molecule has 9 nitrogen and oxygen atoms in total. The molecular weight excluding hydrogens is 588 g/mol. The first-order valence-corrected chi connectivity index (χ1v) is 13.9. The van der Waals surface area contributed by atoms with Crippen molar-refractivity contribution in [2.24, 2.45) is 4.99 Å². The standard InChI is InChI=1S/C29H24F4N6O3S/c1-18-7-8-20(15-42-12-11-29(31,32)33)24(13-18)39-25(40)16-43-28(39)36-27(41)35-23-10-9-19(14-22(23)30)26-34-17-38(37-26)21-5-3-2-4-6-21/h2-10,13-14,17H,11-12,15-16H2,1H3,(H,35,41)/b36-28-. The molecule has 0 saturated carbocycles. The van der Waals surface area contributed by atoms with Crippen LogP contribution in [0.2, 0.25) is 0 Å². The second kappa shape index (κ2) is 12.8. The van der Waals surface area contributed by atoms with Gasteiger partial charge in [0.05, 0.1) is 42.4 Å². The number of carbonyl (C=O) groups is 2. The fourth-order valence-electron chi connectivity index (χ4n) is 4.14. The van der Waals surface area contributed by atoms with Crippen molar-refractivity contribution >= 4 is 40.2 Å². The van der Waals surface area contributed by atoms with Crippen molar-refractivity contribution in [3.63, 3.8) is 0 Å². The largest absolute Gasteiger partial charge is 0.391 e. The number of benzene rings is 3. The second-order valence-electron chi connectivity index (χ2n) is 9.44. The van der Waals surface area contributed by atoms with E-state index in [0.29, 0.717) is 16.8 Å². The van der Waals surface area contributed by atoms with Crippen LogP contribution in [-0.2, 0) is 16.1 Å². The first kappa shape index (κ1) is 29.9. The molecule has 0 atom stereocenters. The summed E-state index contributed by atoms with van der Waals surface area (Å²) in [5, 5.41) is 6.80. The van der Waals surface area contributed by atoms with Gasteiger partial charge in [-0.15, -0.1) is 5.10 Å². The number of hydrogen-bond donors (Lipinski definition) is 1. The Balaban J connectivity index is 1.30. The molecule has 4 aromatic rings. The van der Waals surface area contributed by atoms with E-state index in [1.807, 2.05) is 30.3 Å². The summed E-state index contributed by atoms with van der Waals surface area (Å²) in [6.45, 7) is 1.05. The van der Waals surface area contributed by atoms with Crippen molar-refractivity contribution < 1.29 is 31.9 Å². The molecule has 0 bridgehead atoms. The summed E-state index contributed by atoms with van der Waals surface area (Å²) in [6, 6.07) is 17.5. The zero-order chi connectivity index (χ0) is 30.6. The molecule has 2 heterocycles.